The van der Waals surface area contributed by atoms with Crippen LogP contribution in [-0.4, -0.2) is 17.5 Å². The van der Waals surface area contributed by atoms with Gasteiger partial charge in [-0.05, 0) is 39.2 Å². The van der Waals surface area contributed by atoms with Gasteiger partial charge in [0, 0.05) is 18.3 Å². The van der Waals surface area contributed by atoms with Crippen LogP contribution in [-0.2, 0) is 0 Å². The fourth-order valence-electron chi connectivity index (χ4n) is 2.09. The zero-order valence-corrected chi connectivity index (χ0v) is 12.8. The van der Waals surface area contributed by atoms with Crippen molar-refractivity contribution in [2.75, 3.05) is 6.54 Å². The number of rotatable bonds is 4. The molecule has 0 aromatic heterocycles. The lowest BCUT2D eigenvalue weighted by Crippen LogP contribution is -2.26. The van der Waals surface area contributed by atoms with Gasteiger partial charge < -0.3 is 4.90 Å². The van der Waals surface area contributed by atoms with E-state index in [9.17, 15) is 0 Å². The standard InChI is InChI=1S/C15H23N.C2H6/c1-6-12(3)11-15(7-2)14(5)16-10-8-9-13(16)4;1-2/h6-7,11,13H,2,5,8-10H2,1,3-4H3;1-2H3/b12-6-,15-11+;. The maximum atomic E-state index is 4.20. The van der Waals surface area contributed by atoms with E-state index in [0.717, 1.165) is 17.8 Å². The van der Waals surface area contributed by atoms with E-state index < -0.39 is 0 Å². The summed E-state index contributed by atoms with van der Waals surface area (Å²) in [5, 5.41) is 0. The highest BCUT2D eigenvalue weighted by Gasteiger charge is 2.22. The highest BCUT2D eigenvalue weighted by molar-refractivity contribution is 5.41. The first kappa shape index (κ1) is 16.8. The van der Waals surface area contributed by atoms with Crippen molar-refractivity contribution in [1.82, 2.24) is 4.90 Å². The van der Waals surface area contributed by atoms with Gasteiger partial charge in [0.2, 0.25) is 0 Å². The van der Waals surface area contributed by atoms with E-state index in [4.69, 9.17) is 0 Å². The van der Waals surface area contributed by atoms with Gasteiger partial charge in [-0.25, -0.2) is 0 Å². The molecule has 1 heteroatoms. The molecule has 1 unspecified atom stereocenters. The monoisotopic (exact) mass is 247 g/mol. The molecule has 102 valence electrons. The minimum absolute atomic E-state index is 0.613. The van der Waals surface area contributed by atoms with Crippen molar-refractivity contribution in [3.63, 3.8) is 0 Å². The lowest BCUT2D eigenvalue weighted by atomic mass is 10.1. The predicted octanol–water partition coefficient (Wildman–Crippen LogP) is 5.09. The van der Waals surface area contributed by atoms with E-state index in [1.54, 1.807) is 0 Å². The second-order valence-corrected chi connectivity index (χ2v) is 4.47. The number of nitrogens with zero attached hydrogens (tertiary/aromatic N) is 1. The van der Waals surface area contributed by atoms with Crippen LogP contribution in [0.25, 0.3) is 0 Å². The number of hydrogen-bond acceptors (Lipinski definition) is 1. The lowest BCUT2D eigenvalue weighted by molar-refractivity contribution is 0.349. The molecule has 1 heterocycles. The van der Waals surface area contributed by atoms with Gasteiger partial charge in [-0.1, -0.05) is 50.8 Å². The molecule has 0 amide bonds. The second-order valence-electron chi connectivity index (χ2n) is 4.47. The Bertz CT molecular complexity index is 334. The molecule has 0 aromatic rings. The molecule has 0 spiro atoms. The summed E-state index contributed by atoms with van der Waals surface area (Å²) in [5.74, 6) is 0. The lowest BCUT2D eigenvalue weighted by Gasteiger charge is -2.26. The highest BCUT2D eigenvalue weighted by Crippen LogP contribution is 2.26. The van der Waals surface area contributed by atoms with Crippen LogP contribution in [0.5, 0.6) is 0 Å². The molecule has 0 radical (unpaired) electrons. The molecule has 0 aliphatic carbocycles. The van der Waals surface area contributed by atoms with E-state index in [-0.39, 0.29) is 0 Å². The largest absolute Gasteiger partial charge is 0.369 e. The number of likely N-dealkylation sites (tertiary alicyclic amines) is 1. The third kappa shape index (κ3) is 4.56. The van der Waals surface area contributed by atoms with Gasteiger partial charge in [0.25, 0.3) is 0 Å². The van der Waals surface area contributed by atoms with Crippen LogP contribution in [0.3, 0.4) is 0 Å². The van der Waals surface area contributed by atoms with Gasteiger partial charge in [0.1, 0.15) is 0 Å². The molecule has 1 fully saturated rings. The van der Waals surface area contributed by atoms with Gasteiger partial charge in [-0.15, -0.1) is 0 Å². The van der Waals surface area contributed by atoms with E-state index in [1.807, 2.05) is 26.8 Å². The summed E-state index contributed by atoms with van der Waals surface area (Å²) in [4.78, 5) is 2.39. The maximum Gasteiger partial charge on any atom is 0.0369 e. The Kier molecular flexibility index (Phi) is 8.19. The fraction of sp³-hybridized carbons (Fsp3) is 0.529. The maximum absolute atomic E-state index is 4.20. The van der Waals surface area contributed by atoms with Crippen molar-refractivity contribution in [2.24, 2.45) is 0 Å². The van der Waals surface area contributed by atoms with Crippen LogP contribution >= 0.6 is 0 Å². The van der Waals surface area contributed by atoms with Crippen molar-refractivity contribution in [1.29, 1.82) is 0 Å². The Hall–Kier alpha value is -1.24. The molecule has 1 aliphatic heterocycles. The SMILES string of the molecule is C=C/C(=C\C(C)=C/C)C(=C)N1CCCC1C.CC. The van der Waals surface area contributed by atoms with Crippen LogP contribution in [0.4, 0.5) is 0 Å². The molecular weight excluding hydrogens is 218 g/mol. The number of allylic oxidation sites excluding steroid dienone is 4. The summed E-state index contributed by atoms with van der Waals surface area (Å²) in [6.07, 6.45) is 8.70. The second kappa shape index (κ2) is 8.79. The molecule has 0 aromatic carbocycles. The van der Waals surface area contributed by atoms with Crippen LogP contribution < -0.4 is 0 Å². The molecule has 18 heavy (non-hydrogen) atoms. The van der Waals surface area contributed by atoms with E-state index >= 15 is 0 Å². The summed E-state index contributed by atoms with van der Waals surface area (Å²) >= 11 is 0. The molecule has 1 saturated heterocycles. The molecule has 0 saturated carbocycles. The zero-order valence-electron chi connectivity index (χ0n) is 12.8. The molecule has 1 rings (SSSR count). The average Bonchev–Trinajstić information content (AvgIpc) is 2.83. The Balaban J connectivity index is 0.00000137. The Labute approximate surface area is 114 Å². The Morgan fingerprint density at radius 3 is 2.33 bits per heavy atom. The summed E-state index contributed by atoms with van der Waals surface area (Å²) in [6.45, 7) is 19.6. The molecule has 1 aliphatic rings. The smallest absolute Gasteiger partial charge is 0.0369 e. The quantitative estimate of drug-likeness (QED) is 0.625. The highest BCUT2D eigenvalue weighted by atomic mass is 15.2. The molecule has 0 N–H and O–H groups in total. The van der Waals surface area contributed by atoms with Crippen LogP contribution in [0.1, 0.15) is 47.5 Å². The minimum Gasteiger partial charge on any atom is -0.369 e. The van der Waals surface area contributed by atoms with Gasteiger partial charge in [0.15, 0.2) is 0 Å². The summed E-state index contributed by atoms with van der Waals surface area (Å²) in [5.41, 5.74) is 3.51. The summed E-state index contributed by atoms with van der Waals surface area (Å²) in [6, 6.07) is 0.613. The first-order chi connectivity index (χ1) is 8.60. The van der Waals surface area contributed by atoms with E-state index in [1.165, 1.54) is 18.4 Å². The normalized spacial score (nSPS) is 20.3. The van der Waals surface area contributed by atoms with E-state index in [0.29, 0.717) is 6.04 Å². The van der Waals surface area contributed by atoms with Crippen LogP contribution in [0.2, 0.25) is 0 Å². The van der Waals surface area contributed by atoms with Crippen molar-refractivity contribution in [3.8, 4) is 0 Å². The van der Waals surface area contributed by atoms with Gasteiger partial charge >= 0.3 is 0 Å². The van der Waals surface area contributed by atoms with Crippen molar-refractivity contribution >= 4 is 0 Å². The molecule has 1 nitrogen and oxygen atoms in total. The van der Waals surface area contributed by atoms with Crippen molar-refractivity contribution < 1.29 is 0 Å². The molecule has 1 atom stereocenters. The van der Waals surface area contributed by atoms with Crippen LogP contribution in [0.15, 0.2) is 48.2 Å². The number of hydrogen-bond donors (Lipinski definition) is 0. The van der Waals surface area contributed by atoms with Gasteiger partial charge in [-0.3, -0.25) is 0 Å². The van der Waals surface area contributed by atoms with Crippen molar-refractivity contribution in [2.45, 2.75) is 53.5 Å². The van der Waals surface area contributed by atoms with Gasteiger partial charge in [0.05, 0.1) is 0 Å². The van der Waals surface area contributed by atoms with Crippen molar-refractivity contribution in [3.05, 3.63) is 48.2 Å². The van der Waals surface area contributed by atoms with Gasteiger partial charge in [-0.2, -0.15) is 0 Å². The van der Waals surface area contributed by atoms with Crippen LogP contribution in [0, 0.1) is 0 Å². The molecular formula is C17H29N. The zero-order chi connectivity index (χ0) is 14.1. The topological polar surface area (TPSA) is 3.24 Å². The summed E-state index contributed by atoms with van der Waals surface area (Å²) in [7, 11) is 0. The first-order valence-electron chi connectivity index (χ1n) is 7.03. The average molecular weight is 247 g/mol. The predicted molar refractivity (Wildman–Crippen MR) is 83.6 cm³/mol. The summed E-state index contributed by atoms with van der Waals surface area (Å²) < 4.78 is 0. The van der Waals surface area contributed by atoms with E-state index in [2.05, 4.69) is 44.1 Å². The Morgan fingerprint density at radius 2 is 1.94 bits per heavy atom. The Morgan fingerprint density at radius 1 is 1.33 bits per heavy atom. The third-order valence-electron chi connectivity index (χ3n) is 3.29. The first-order valence-corrected chi connectivity index (χ1v) is 7.03. The third-order valence-corrected chi connectivity index (χ3v) is 3.29. The fourth-order valence-corrected chi connectivity index (χ4v) is 2.09. The minimum atomic E-state index is 0.613. The molecule has 0 bridgehead atoms.